The lowest BCUT2D eigenvalue weighted by atomic mass is 9.67. The molecule has 44 heavy (non-hydrogen) atoms. The fourth-order valence-corrected chi connectivity index (χ4v) is 6.70. The number of hydrogen-bond donors (Lipinski definition) is 4. The average molecular weight is 599 g/mol. The van der Waals surface area contributed by atoms with Crippen LogP contribution >= 0.6 is 0 Å². The largest absolute Gasteiger partial charge is 0.366 e. The van der Waals surface area contributed by atoms with E-state index < -0.39 is 23.3 Å². The number of nitriles is 1. The van der Waals surface area contributed by atoms with Crippen molar-refractivity contribution < 1.29 is 14.4 Å². The maximum absolute atomic E-state index is 13.2. The highest BCUT2D eigenvalue weighted by Gasteiger charge is 2.45. The first-order valence-corrected chi connectivity index (χ1v) is 14.9. The minimum atomic E-state index is -1.05. The zero-order valence-corrected chi connectivity index (χ0v) is 25.2. The highest BCUT2D eigenvalue weighted by molar-refractivity contribution is 5.94. The molecule has 2 heterocycles. The van der Waals surface area contributed by atoms with Crippen molar-refractivity contribution in [3.05, 3.63) is 86.1 Å². The summed E-state index contributed by atoms with van der Waals surface area (Å²) in [4.78, 5) is 55.3. The van der Waals surface area contributed by atoms with Gasteiger partial charge in [-0.3, -0.25) is 19.4 Å². The molecule has 2 aliphatic rings. The van der Waals surface area contributed by atoms with Gasteiger partial charge in [-0.05, 0) is 99.4 Å². The van der Waals surface area contributed by atoms with Crippen LogP contribution in [-0.2, 0) is 23.1 Å². The van der Waals surface area contributed by atoms with E-state index in [2.05, 4.69) is 16.4 Å². The Morgan fingerprint density at radius 2 is 1.66 bits per heavy atom. The number of rotatable bonds is 9. The van der Waals surface area contributed by atoms with Crippen molar-refractivity contribution in [2.75, 3.05) is 13.1 Å². The summed E-state index contributed by atoms with van der Waals surface area (Å²) in [7, 11) is 0. The Morgan fingerprint density at radius 3 is 2.16 bits per heavy atom. The summed E-state index contributed by atoms with van der Waals surface area (Å²) in [5.74, 6) is -0.853. The molecule has 2 atom stereocenters. The van der Waals surface area contributed by atoms with E-state index in [-0.39, 0.29) is 30.2 Å². The first-order valence-electron chi connectivity index (χ1n) is 14.9. The number of likely N-dealkylation sites (tertiary alicyclic amines) is 1. The fraction of sp³-hybridized carbons (Fsp3) is 0.438. The van der Waals surface area contributed by atoms with Crippen LogP contribution in [0.5, 0.6) is 0 Å². The molecule has 3 amide bonds. The molecule has 3 aromatic rings. The number of primary amides is 2. The van der Waals surface area contributed by atoms with Crippen molar-refractivity contribution in [2.45, 2.75) is 76.4 Å². The van der Waals surface area contributed by atoms with Crippen molar-refractivity contribution in [3.63, 3.8) is 0 Å². The molecule has 12 nitrogen and oxygen atoms in total. The van der Waals surface area contributed by atoms with Crippen LogP contribution in [0.15, 0.2) is 41.2 Å². The van der Waals surface area contributed by atoms with Crippen LogP contribution in [0.3, 0.4) is 0 Å². The van der Waals surface area contributed by atoms with E-state index in [1.807, 2.05) is 32.9 Å². The number of aromatic amines is 1. The van der Waals surface area contributed by atoms with Crippen LogP contribution in [0.25, 0.3) is 0 Å². The summed E-state index contributed by atoms with van der Waals surface area (Å²) in [6, 6.07) is 11.9. The summed E-state index contributed by atoms with van der Waals surface area (Å²) in [6.45, 7) is 6.28. The van der Waals surface area contributed by atoms with Gasteiger partial charge in [-0.1, -0.05) is 12.1 Å². The molecular weight excluding hydrogens is 560 g/mol. The van der Waals surface area contributed by atoms with Crippen molar-refractivity contribution >= 4 is 17.7 Å². The van der Waals surface area contributed by atoms with Crippen LogP contribution < -0.4 is 22.5 Å². The number of aromatic nitrogens is 3. The van der Waals surface area contributed by atoms with Gasteiger partial charge in [0.15, 0.2) is 0 Å². The van der Waals surface area contributed by atoms with Crippen molar-refractivity contribution in [3.8, 4) is 6.07 Å². The number of carbonyl (C=O) groups is 3. The Kier molecular flexibility index (Phi) is 8.43. The first kappa shape index (κ1) is 30.7. The van der Waals surface area contributed by atoms with Gasteiger partial charge < -0.3 is 21.7 Å². The van der Waals surface area contributed by atoms with E-state index in [0.717, 1.165) is 28.7 Å². The second kappa shape index (κ2) is 12.1. The fourth-order valence-electron chi connectivity index (χ4n) is 6.70. The standard InChI is InChI=1S/C32H38N8O4/c1-18(2)40-31(44)37-30(38-40)32(15-19(3)36-17-27(41)39-12-4-5-24(39)16-33)25-10-8-22(28(34)42)13-20(25)6-7-21-14-23(29(35)43)9-11-26(21)32/h8-11,13-14,18-19,24,36H,4-7,12,15,17H2,1-3H3,(H2,34,42)(H2,35,43)(H,37,38,44)/t19-,24?/m0/s1. The predicted molar refractivity (Wildman–Crippen MR) is 163 cm³/mol. The van der Waals surface area contributed by atoms with Crippen LogP contribution in [0, 0.1) is 11.3 Å². The highest BCUT2D eigenvalue weighted by atomic mass is 16.2. The maximum Gasteiger partial charge on any atom is 0.343 e. The molecule has 1 fully saturated rings. The Morgan fingerprint density at radius 1 is 1.07 bits per heavy atom. The molecule has 5 rings (SSSR count). The van der Waals surface area contributed by atoms with E-state index in [0.29, 0.717) is 49.2 Å². The number of carbonyl (C=O) groups excluding carboxylic acids is 3. The third-order valence-corrected chi connectivity index (χ3v) is 8.83. The molecule has 1 saturated heterocycles. The number of benzene rings is 2. The Hall–Kier alpha value is -4.76. The van der Waals surface area contributed by atoms with Crippen molar-refractivity contribution in [2.24, 2.45) is 11.5 Å². The topological polar surface area (TPSA) is 193 Å². The molecule has 6 N–H and O–H groups in total. The summed E-state index contributed by atoms with van der Waals surface area (Å²) in [5, 5.41) is 17.6. The number of hydrogen-bond acceptors (Lipinski definition) is 7. The number of nitrogens with zero attached hydrogens (tertiary/aromatic N) is 4. The lowest BCUT2D eigenvalue weighted by Crippen LogP contribution is -2.45. The first-order chi connectivity index (χ1) is 21.0. The smallest absolute Gasteiger partial charge is 0.343 e. The average Bonchev–Trinajstić information content (AvgIpc) is 3.61. The van der Waals surface area contributed by atoms with Gasteiger partial charge in [0, 0.05) is 23.7 Å². The Labute approximate surface area is 255 Å². The van der Waals surface area contributed by atoms with E-state index >= 15 is 0 Å². The molecule has 1 aliphatic heterocycles. The van der Waals surface area contributed by atoms with E-state index in [1.54, 1.807) is 29.2 Å². The van der Waals surface area contributed by atoms with Gasteiger partial charge in [0.2, 0.25) is 17.7 Å². The highest BCUT2D eigenvalue weighted by Crippen LogP contribution is 2.47. The third kappa shape index (κ3) is 5.51. The molecule has 1 aromatic heterocycles. The van der Waals surface area contributed by atoms with Gasteiger partial charge in [-0.2, -0.15) is 10.4 Å². The molecule has 1 unspecified atom stereocenters. The van der Waals surface area contributed by atoms with Crippen LogP contribution in [-0.4, -0.2) is 62.6 Å². The van der Waals surface area contributed by atoms with Crippen LogP contribution in [0.4, 0.5) is 0 Å². The minimum Gasteiger partial charge on any atom is -0.366 e. The lowest BCUT2D eigenvalue weighted by Gasteiger charge is -2.37. The minimum absolute atomic E-state index is 0.0350. The number of amides is 3. The van der Waals surface area contributed by atoms with E-state index in [9.17, 15) is 24.4 Å². The summed E-state index contributed by atoms with van der Waals surface area (Å²) >= 11 is 0. The summed E-state index contributed by atoms with van der Waals surface area (Å²) in [6.07, 6.45) is 2.89. The van der Waals surface area contributed by atoms with E-state index in [4.69, 9.17) is 16.6 Å². The van der Waals surface area contributed by atoms with Crippen LogP contribution in [0.1, 0.15) is 94.9 Å². The summed E-state index contributed by atoms with van der Waals surface area (Å²) in [5.41, 5.74) is 14.0. The zero-order chi connectivity index (χ0) is 31.8. The predicted octanol–water partition coefficient (Wildman–Crippen LogP) is 1.67. The SMILES string of the molecule is CC(C)n1nc(C2(C[C@H](C)NCC(=O)N3CCCC3C#N)c3ccc(C(N)=O)cc3CCc3cc(C(N)=O)ccc32)[nH]c1=O. The monoisotopic (exact) mass is 598 g/mol. The quantitative estimate of drug-likeness (QED) is 0.288. The molecule has 0 radical (unpaired) electrons. The van der Waals surface area contributed by atoms with Crippen molar-refractivity contribution in [1.29, 1.82) is 5.26 Å². The molecule has 0 saturated carbocycles. The van der Waals surface area contributed by atoms with Gasteiger partial charge in [-0.15, -0.1) is 0 Å². The lowest BCUT2D eigenvalue weighted by molar-refractivity contribution is -0.130. The molecule has 0 spiro atoms. The Balaban J connectivity index is 1.67. The Bertz CT molecular complexity index is 1650. The molecule has 0 bridgehead atoms. The molecule has 2 aromatic carbocycles. The number of H-pyrrole nitrogens is 1. The van der Waals surface area contributed by atoms with E-state index in [1.165, 1.54) is 4.68 Å². The number of nitrogens with two attached hydrogens (primary N) is 2. The summed E-state index contributed by atoms with van der Waals surface area (Å²) < 4.78 is 1.40. The molecular formula is C32H38N8O4. The van der Waals surface area contributed by atoms with Crippen LogP contribution in [0.2, 0.25) is 0 Å². The van der Waals surface area contributed by atoms with Crippen molar-refractivity contribution in [1.82, 2.24) is 25.0 Å². The van der Waals surface area contributed by atoms with Gasteiger partial charge >= 0.3 is 5.69 Å². The molecule has 1 aliphatic carbocycles. The second-order valence-corrected chi connectivity index (χ2v) is 12.1. The second-order valence-electron chi connectivity index (χ2n) is 12.1. The maximum atomic E-state index is 13.2. The number of nitrogens with one attached hydrogen (secondary N) is 2. The van der Waals surface area contributed by atoms with Gasteiger partial charge in [0.25, 0.3) is 0 Å². The van der Waals surface area contributed by atoms with Gasteiger partial charge in [0.1, 0.15) is 11.9 Å². The molecule has 12 heteroatoms. The van der Waals surface area contributed by atoms with Gasteiger partial charge in [0.05, 0.1) is 24.1 Å². The molecule has 230 valence electrons. The normalized spacial score (nSPS) is 17.8. The third-order valence-electron chi connectivity index (χ3n) is 8.83. The number of aryl methyl sites for hydroxylation is 2. The number of fused-ring (bicyclic) bond motifs is 2. The van der Waals surface area contributed by atoms with Gasteiger partial charge in [-0.25, -0.2) is 9.48 Å². The zero-order valence-electron chi connectivity index (χ0n) is 25.2.